The number of carboxylic acid groups (broad SMARTS) is 2. The molecule has 0 bridgehead atoms. The second-order valence-corrected chi connectivity index (χ2v) is 4.77. The predicted molar refractivity (Wildman–Crippen MR) is 77.6 cm³/mol. The van der Waals surface area contributed by atoms with Gasteiger partial charge in [-0.2, -0.15) is 12.6 Å². The lowest BCUT2D eigenvalue weighted by atomic mass is 10.0. The van der Waals surface area contributed by atoms with Crippen molar-refractivity contribution in [3.63, 3.8) is 0 Å². The van der Waals surface area contributed by atoms with Crippen molar-refractivity contribution in [1.29, 1.82) is 0 Å². The summed E-state index contributed by atoms with van der Waals surface area (Å²) >= 11 is 4.49. The van der Waals surface area contributed by atoms with Gasteiger partial charge in [-0.25, -0.2) is 9.59 Å². The van der Waals surface area contributed by atoms with E-state index in [1.807, 2.05) is 0 Å². The summed E-state index contributed by atoms with van der Waals surface area (Å²) in [4.78, 5) is 21.6. The van der Waals surface area contributed by atoms with Crippen LogP contribution in [0.3, 0.4) is 0 Å². The number of benzene rings is 2. The van der Waals surface area contributed by atoms with Crippen molar-refractivity contribution in [1.82, 2.24) is 0 Å². The summed E-state index contributed by atoms with van der Waals surface area (Å²) in [6.07, 6.45) is 0. The predicted octanol–water partition coefficient (Wildman–Crippen LogP) is 3.10. The van der Waals surface area contributed by atoms with Crippen LogP contribution in [0.25, 0.3) is 0 Å². The number of hydrogen-bond donors (Lipinski definition) is 3. The van der Waals surface area contributed by atoms with Crippen LogP contribution in [0.5, 0.6) is 0 Å². The molecular formula is C15H12O4S. The molecule has 0 fully saturated rings. The number of carbonyl (C=O) groups is 2. The maximum atomic E-state index is 10.8. The molecule has 0 aromatic heterocycles. The molecule has 0 unspecified atom stereocenters. The summed E-state index contributed by atoms with van der Waals surface area (Å²) in [7, 11) is 0. The van der Waals surface area contributed by atoms with E-state index in [2.05, 4.69) is 12.6 Å². The minimum atomic E-state index is -0.974. The lowest BCUT2D eigenvalue weighted by Gasteiger charge is -2.12. The van der Waals surface area contributed by atoms with E-state index in [-0.39, 0.29) is 16.4 Å². The third-order valence-corrected chi connectivity index (χ3v) is 3.54. The van der Waals surface area contributed by atoms with E-state index in [9.17, 15) is 9.59 Å². The van der Waals surface area contributed by atoms with E-state index in [0.717, 1.165) is 11.1 Å². The van der Waals surface area contributed by atoms with Crippen LogP contribution in [0.1, 0.15) is 37.1 Å². The van der Waals surface area contributed by atoms with Crippen molar-refractivity contribution in [2.24, 2.45) is 0 Å². The maximum absolute atomic E-state index is 10.8. The highest BCUT2D eigenvalue weighted by Gasteiger charge is 2.11. The molecule has 0 amide bonds. The largest absolute Gasteiger partial charge is 0.478 e. The summed E-state index contributed by atoms with van der Waals surface area (Å²) in [5, 5.41) is 17.4. The Kier molecular flexibility index (Phi) is 4.10. The molecule has 0 aliphatic heterocycles. The summed E-state index contributed by atoms with van der Waals surface area (Å²) in [5.41, 5.74) is 2.13. The fourth-order valence-electron chi connectivity index (χ4n) is 1.81. The molecule has 5 heteroatoms. The van der Waals surface area contributed by atoms with Crippen LogP contribution < -0.4 is 0 Å². The SMILES string of the molecule is O=C(O)c1ccc(C(S)c2ccc(C(=O)O)cc2)cc1. The highest BCUT2D eigenvalue weighted by Crippen LogP contribution is 2.28. The van der Waals surface area contributed by atoms with Crippen molar-refractivity contribution in [2.45, 2.75) is 5.25 Å². The first-order valence-corrected chi connectivity index (χ1v) is 6.35. The summed E-state index contributed by atoms with van der Waals surface area (Å²) in [6, 6.07) is 12.9. The molecule has 2 rings (SSSR count). The van der Waals surface area contributed by atoms with Crippen LogP contribution >= 0.6 is 12.6 Å². The van der Waals surface area contributed by atoms with Gasteiger partial charge in [-0.05, 0) is 35.4 Å². The van der Waals surface area contributed by atoms with E-state index < -0.39 is 11.9 Å². The zero-order valence-corrected chi connectivity index (χ0v) is 11.2. The zero-order chi connectivity index (χ0) is 14.7. The quantitative estimate of drug-likeness (QED) is 0.756. The maximum Gasteiger partial charge on any atom is 0.335 e. The molecule has 102 valence electrons. The first-order valence-electron chi connectivity index (χ1n) is 5.83. The average Bonchev–Trinajstić information content (AvgIpc) is 2.46. The minimum Gasteiger partial charge on any atom is -0.478 e. The van der Waals surface area contributed by atoms with Gasteiger partial charge in [0.25, 0.3) is 0 Å². The van der Waals surface area contributed by atoms with Crippen LogP contribution in [0.2, 0.25) is 0 Å². The normalized spacial score (nSPS) is 10.5. The molecule has 0 radical (unpaired) electrons. The third-order valence-electron chi connectivity index (χ3n) is 2.95. The molecule has 0 spiro atoms. The summed E-state index contributed by atoms with van der Waals surface area (Å²) in [6.45, 7) is 0. The average molecular weight is 288 g/mol. The van der Waals surface area contributed by atoms with Crippen molar-refractivity contribution in [2.75, 3.05) is 0 Å². The second kappa shape index (κ2) is 5.79. The van der Waals surface area contributed by atoms with Crippen molar-refractivity contribution < 1.29 is 19.8 Å². The van der Waals surface area contributed by atoms with Gasteiger partial charge in [-0.15, -0.1) is 0 Å². The van der Waals surface area contributed by atoms with Gasteiger partial charge in [-0.1, -0.05) is 24.3 Å². The molecule has 0 saturated heterocycles. The van der Waals surface area contributed by atoms with Gasteiger partial charge in [0.15, 0.2) is 0 Å². The fourth-order valence-corrected chi connectivity index (χ4v) is 2.15. The molecule has 0 atom stereocenters. The Morgan fingerprint density at radius 1 is 0.750 bits per heavy atom. The van der Waals surface area contributed by atoms with E-state index >= 15 is 0 Å². The van der Waals surface area contributed by atoms with Crippen LogP contribution in [-0.4, -0.2) is 22.2 Å². The Morgan fingerprint density at radius 3 is 1.30 bits per heavy atom. The molecule has 0 aliphatic rings. The zero-order valence-electron chi connectivity index (χ0n) is 10.4. The van der Waals surface area contributed by atoms with Crippen LogP contribution in [0.4, 0.5) is 0 Å². The van der Waals surface area contributed by atoms with Gasteiger partial charge in [-0.3, -0.25) is 0 Å². The lowest BCUT2D eigenvalue weighted by molar-refractivity contribution is 0.0686. The first-order chi connectivity index (χ1) is 9.49. The molecule has 20 heavy (non-hydrogen) atoms. The number of thiol groups is 1. The van der Waals surface area contributed by atoms with Crippen LogP contribution in [-0.2, 0) is 0 Å². The van der Waals surface area contributed by atoms with E-state index in [1.165, 1.54) is 24.3 Å². The first kappa shape index (κ1) is 14.1. The van der Waals surface area contributed by atoms with Crippen molar-refractivity contribution in [3.05, 3.63) is 70.8 Å². The van der Waals surface area contributed by atoms with Gasteiger partial charge in [0.1, 0.15) is 0 Å². The van der Waals surface area contributed by atoms with Gasteiger partial charge in [0, 0.05) is 0 Å². The standard InChI is InChI=1S/C15H12O4S/c16-14(17)11-5-1-9(2-6-11)13(20)10-3-7-12(8-4-10)15(18)19/h1-8,13,20H,(H,16,17)(H,18,19). The summed E-state index contributed by atoms with van der Waals surface area (Å²) in [5.74, 6) is -1.95. The topological polar surface area (TPSA) is 74.6 Å². The van der Waals surface area contributed by atoms with E-state index in [4.69, 9.17) is 10.2 Å². The Labute approximate surface area is 121 Å². The summed E-state index contributed by atoms with van der Waals surface area (Å²) < 4.78 is 0. The van der Waals surface area contributed by atoms with Crippen molar-refractivity contribution in [3.8, 4) is 0 Å². The minimum absolute atomic E-state index is 0.218. The van der Waals surface area contributed by atoms with E-state index in [0.29, 0.717) is 0 Å². The number of carboxylic acids is 2. The van der Waals surface area contributed by atoms with Gasteiger partial charge < -0.3 is 10.2 Å². The molecule has 0 aliphatic carbocycles. The molecule has 0 heterocycles. The van der Waals surface area contributed by atoms with Gasteiger partial charge in [0.2, 0.25) is 0 Å². The lowest BCUT2D eigenvalue weighted by Crippen LogP contribution is -1.99. The molecule has 0 saturated carbocycles. The Balaban J connectivity index is 2.24. The van der Waals surface area contributed by atoms with Crippen molar-refractivity contribution >= 4 is 24.6 Å². The van der Waals surface area contributed by atoms with Gasteiger partial charge in [0.05, 0.1) is 16.4 Å². The fraction of sp³-hybridized carbons (Fsp3) is 0.0667. The van der Waals surface area contributed by atoms with Crippen LogP contribution in [0, 0.1) is 0 Å². The molecule has 2 aromatic rings. The molecule has 4 nitrogen and oxygen atoms in total. The Bertz CT molecular complexity index is 574. The number of hydrogen-bond acceptors (Lipinski definition) is 3. The monoisotopic (exact) mass is 288 g/mol. The number of rotatable bonds is 4. The molecular weight excluding hydrogens is 276 g/mol. The van der Waals surface area contributed by atoms with Crippen LogP contribution in [0.15, 0.2) is 48.5 Å². The second-order valence-electron chi connectivity index (χ2n) is 4.26. The Morgan fingerprint density at radius 2 is 1.05 bits per heavy atom. The number of aromatic carboxylic acids is 2. The molecule has 2 aromatic carbocycles. The smallest absolute Gasteiger partial charge is 0.335 e. The highest BCUT2D eigenvalue weighted by molar-refractivity contribution is 7.80. The van der Waals surface area contributed by atoms with Gasteiger partial charge >= 0.3 is 11.9 Å². The molecule has 2 N–H and O–H groups in total. The Hall–Kier alpha value is -2.27. The van der Waals surface area contributed by atoms with E-state index in [1.54, 1.807) is 24.3 Å². The highest BCUT2D eigenvalue weighted by atomic mass is 32.1. The third kappa shape index (κ3) is 3.00.